The molecule has 10 heteroatoms. The number of phenolic OH excluding ortho intramolecular Hbond substituents is 1. The molecule has 0 aliphatic heterocycles. The van der Waals surface area contributed by atoms with Gasteiger partial charge in [-0.3, -0.25) is 19.3 Å². The second kappa shape index (κ2) is 10.3. The van der Waals surface area contributed by atoms with Crippen molar-refractivity contribution in [3.05, 3.63) is 39.7 Å². The molecule has 1 amide bonds. The molecule has 212 valence electrons. The van der Waals surface area contributed by atoms with Crippen molar-refractivity contribution in [3.8, 4) is 5.75 Å². The van der Waals surface area contributed by atoms with E-state index in [9.17, 15) is 34.8 Å². The van der Waals surface area contributed by atoms with Gasteiger partial charge >= 0.3 is 0 Å². The number of aryl methyl sites for hydroxylation is 1. The van der Waals surface area contributed by atoms with Crippen LogP contribution in [0.15, 0.2) is 23.0 Å². The first-order chi connectivity index (χ1) is 18.3. The zero-order valence-electron chi connectivity index (χ0n) is 23.2. The summed E-state index contributed by atoms with van der Waals surface area (Å²) >= 11 is 0. The highest BCUT2D eigenvalue weighted by Gasteiger charge is 2.64. The lowest BCUT2D eigenvalue weighted by Crippen LogP contribution is -2.65. The summed E-state index contributed by atoms with van der Waals surface area (Å²) in [5.74, 6) is -6.35. The lowest BCUT2D eigenvalue weighted by atomic mass is 9.57. The molecule has 1 fully saturated rings. The van der Waals surface area contributed by atoms with Gasteiger partial charge in [0.25, 0.3) is 5.91 Å². The number of aliphatic hydroxyl groups is 3. The molecular weight excluding hydrogens is 502 g/mol. The molecule has 1 aromatic carbocycles. The molecule has 6 N–H and O–H groups in total. The van der Waals surface area contributed by atoms with Crippen LogP contribution in [-0.4, -0.2) is 82.6 Å². The maximum absolute atomic E-state index is 14.0. The number of fused-ring (bicyclic) bond motifs is 3. The summed E-state index contributed by atoms with van der Waals surface area (Å²) in [6, 6.07) is 0.814. The third kappa shape index (κ3) is 4.30. The smallest absolute Gasteiger partial charge is 0.255 e. The third-order valence-corrected chi connectivity index (χ3v) is 8.56. The third-order valence-electron chi connectivity index (χ3n) is 8.56. The van der Waals surface area contributed by atoms with Crippen LogP contribution < -0.4 is 10.6 Å². The highest BCUT2D eigenvalue weighted by molar-refractivity contribution is 6.24. The van der Waals surface area contributed by atoms with Crippen LogP contribution in [0.25, 0.3) is 5.76 Å². The number of phenols is 1. The van der Waals surface area contributed by atoms with E-state index in [1.165, 1.54) is 4.90 Å². The number of nitrogens with two attached hydrogens (primary N) is 1. The Kier molecular flexibility index (Phi) is 7.57. The highest BCUT2D eigenvalue weighted by atomic mass is 16.3. The van der Waals surface area contributed by atoms with E-state index in [2.05, 4.69) is 6.92 Å². The number of aliphatic hydroxyl groups excluding tert-OH is 2. The molecule has 1 saturated carbocycles. The van der Waals surface area contributed by atoms with Crippen molar-refractivity contribution in [2.45, 2.75) is 63.5 Å². The number of rotatable bonds is 8. The van der Waals surface area contributed by atoms with Crippen molar-refractivity contribution in [1.82, 2.24) is 4.90 Å². The standard InChI is InChI=1S/C29H39N3O7/c1-6-7-8-9-10-14-13-18(31(2)3)16-11-15-12-17-22(32(4)5)25(35)21(28(30)38)27(37)29(17,39)26(36)19(15)24(34)20(16)23(14)33/h13,15,17,22,33-34,37,39H,6-12H2,1-5H3,(H2,30,38)/t15-,17-,22-,29-/m0/s1. The number of ketones is 2. The molecular formula is C29H39N3O7. The van der Waals surface area contributed by atoms with Crippen LogP contribution in [0.1, 0.15) is 55.7 Å². The van der Waals surface area contributed by atoms with Crippen LogP contribution in [-0.2, 0) is 27.2 Å². The quantitative estimate of drug-likeness (QED) is 0.245. The van der Waals surface area contributed by atoms with Crippen molar-refractivity contribution < 1.29 is 34.8 Å². The van der Waals surface area contributed by atoms with Gasteiger partial charge in [-0.25, -0.2) is 0 Å². The average molecular weight is 542 g/mol. The summed E-state index contributed by atoms with van der Waals surface area (Å²) in [6.45, 7) is 2.11. The predicted molar refractivity (Wildman–Crippen MR) is 146 cm³/mol. The van der Waals surface area contributed by atoms with E-state index < -0.39 is 58.0 Å². The first kappa shape index (κ1) is 28.6. The number of aromatic hydroxyl groups is 1. The molecule has 3 aliphatic carbocycles. The molecule has 1 aromatic rings. The Morgan fingerprint density at radius 2 is 1.77 bits per heavy atom. The number of anilines is 1. The number of carbonyl (C=O) groups is 3. The molecule has 0 saturated heterocycles. The Bertz CT molecular complexity index is 1300. The summed E-state index contributed by atoms with van der Waals surface area (Å²) in [5.41, 5.74) is 4.05. The maximum atomic E-state index is 14.0. The van der Waals surface area contributed by atoms with Gasteiger partial charge in [-0.05, 0) is 62.9 Å². The number of benzene rings is 1. The Morgan fingerprint density at radius 1 is 1.10 bits per heavy atom. The number of unbranched alkanes of at least 4 members (excludes halogenated alkanes) is 3. The van der Waals surface area contributed by atoms with E-state index in [4.69, 9.17) is 5.73 Å². The van der Waals surface area contributed by atoms with Gasteiger partial charge in [0.2, 0.25) is 5.78 Å². The number of hydrogen-bond donors (Lipinski definition) is 5. The molecule has 0 bridgehead atoms. The first-order valence-electron chi connectivity index (χ1n) is 13.5. The Labute approximate surface area is 228 Å². The molecule has 0 unspecified atom stereocenters. The van der Waals surface area contributed by atoms with E-state index in [1.54, 1.807) is 14.1 Å². The van der Waals surface area contributed by atoms with Gasteiger partial charge in [0.15, 0.2) is 11.4 Å². The zero-order valence-corrected chi connectivity index (χ0v) is 23.2. The van der Waals surface area contributed by atoms with Crippen molar-refractivity contribution in [2.24, 2.45) is 17.6 Å². The number of nitrogens with zero attached hydrogens (tertiary/aromatic N) is 2. The fourth-order valence-electron chi connectivity index (χ4n) is 6.68. The first-order valence-corrected chi connectivity index (χ1v) is 13.5. The lowest BCUT2D eigenvalue weighted by molar-refractivity contribution is -0.153. The summed E-state index contributed by atoms with van der Waals surface area (Å²) in [7, 11) is 6.89. The van der Waals surface area contributed by atoms with Gasteiger partial charge in [0.1, 0.15) is 22.8 Å². The molecule has 4 rings (SSSR count). The van der Waals surface area contributed by atoms with E-state index in [0.29, 0.717) is 17.5 Å². The Balaban J connectivity index is 1.92. The zero-order chi connectivity index (χ0) is 29.0. The van der Waals surface area contributed by atoms with Crippen molar-refractivity contribution in [1.29, 1.82) is 0 Å². The second-order valence-electron chi connectivity index (χ2n) is 11.4. The largest absolute Gasteiger partial charge is 0.508 e. The van der Waals surface area contributed by atoms with Gasteiger partial charge in [0, 0.05) is 31.3 Å². The fourth-order valence-corrected chi connectivity index (χ4v) is 6.68. The second-order valence-corrected chi connectivity index (χ2v) is 11.4. The van der Waals surface area contributed by atoms with Crippen LogP contribution in [0.5, 0.6) is 5.75 Å². The minimum Gasteiger partial charge on any atom is -0.508 e. The average Bonchev–Trinajstić information content (AvgIpc) is 2.84. The highest BCUT2D eigenvalue weighted by Crippen LogP contribution is 2.54. The molecule has 0 heterocycles. The summed E-state index contributed by atoms with van der Waals surface area (Å²) in [5, 5.41) is 45.6. The maximum Gasteiger partial charge on any atom is 0.255 e. The Morgan fingerprint density at radius 3 is 2.33 bits per heavy atom. The van der Waals surface area contributed by atoms with Gasteiger partial charge in [0.05, 0.1) is 11.6 Å². The van der Waals surface area contributed by atoms with E-state index >= 15 is 0 Å². The van der Waals surface area contributed by atoms with Gasteiger partial charge in [-0.1, -0.05) is 26.2 Å². The molecule has 0 aromatic heterocycles. The minimum absolute atomic E-state index is 0.0676. The number of carbonyl (C=O) groups excluding carboxylic acids is 3. The molecule has 39 heavy (non-hydrogen) atoms. The van der Waals surface area contributed by atoms with Crippen LogP contribution in [0.2, 0.25) is 0 Å². The van der Waals surface area contributed by atoms with Crippen LogP contribution >= 0.6 is 0 Å². The normalized spacial score (nSPS) is 26.5. The van der Waals surface area contributed by atoms with Crippen LogP contribution in [0.3, 0.4) is 0 Å². The van der Waals surface area contributed by atoms with Crippen LogP contribution in [0.4, 0.5) is 5.69 Å². The number of hydrogen-bond acceptors (Lipinski definition) is 9. The molecule has 3 aliphatic rings. The van der Waals surface area contributed by atoms with Crippen molar-refractivity contribution >= 4 is 28.9 Å². The molecule has 0 radical (unpaired) electrons. The number of Topliss-reactive ketones (excluding diaryl/α,β-unsaturated/α-hetero) is 2. The SMILES string of the molecule is CCCCCCc1cc(N(C)C)c2c(c1O)C(O)=C1C(=O)[C@]3(O)C(O)=C(C(N)=O)C(=O)[C@@H](N(C)C)[C@@H]3C[C@@H]1C2. The minimum atomic E-state index is -2.64. The van der Waals surface area contributed by atoms with Gasteiger partial charge < -0.3 is 31.1 Å². The van der Waals surface area contributed by atoms with Crippen molar-refractivity contribution in [3.63, 3.8) is 0 Å². The summed E-state index contributed by atoms with van der Waals surface area (Å²) in [6.07, 6.45) is 4.90. The van der Waals surface area contributed by atoms with Crippen LogP contribution in [0, 0.1) is 11.8 Å². The van der Waals surface area contributed by atoms with E-state index in [0.717, 1.165) is 31.4 Å². The monoisotopic (exact) mass is 541 g/mol. The summed E-state index contributed by atoms with van der Waals surface area (Å²) < 4.78 is 0. The number of likely N-dealkylation sites (N-methyl/N-ethyl adjacent to an activating group) is 1. The van der Waals surface area contributed by atoms with E-state index in [1.807, 2.05) is 25.1 Å². The van der Waals surface area contributed by atoms with Gasteiger partial charge in [-0.2, -0.15) is 0 Å². The Hall–Kier alpha value is -3.37. The van der Waals surface area contributed by atoms with E-state index in [-0.39, 0.29) is 29.7 Å². The number of amides is 1. The molecule has 10 nitrogen and oxygen atoms in total. The lowest BCUT2D eigenvalue weighted by Gasteiger charge is -2.50. The fraction of sp³-hybridized carbons (Fsp3) is 0.552. The topological polar surface area (TPSA) is 165 Å². The summed E-state index contributed by atoms with van der Waals surface area (Å²) in [4.78, 5) is 42.7. The molecule has 0 spiro atoms. The van der Waals surface area contributed by atoms with Gasteiger partial charge in [-0.15, -0.1) is 0 Å². The predicted octanol–water partition coefficient (Wildman–Crippen LogP) is 2.15. The number of primary amides is 1. The van der Waals surface area contributed by atoms with Crippen molar-refractivity contribution in [2.75, 3.05) is 33.1 Å². The molecule has 4 atom stereocenters.